The maximum Gasteiger partial charge on any atom is 0.223 e. The number of aromatic nitrogens is 3. The summed E-state index contributed by atoms with van der Waals surface area (Å²) in [6.45, 7) is 2.80. The molecule has 0 spiro atoms. The van der Waals surface area contributed by atoms with E-state index in [9.17, 15) is 5.11 Å². The summed E-state index contributed by atoms with van der Waals surface area (Å²) >= 11 is 0. The Morgan fingerprint density at radius 1 is 1.03 bits per heavy atom. The molecule has 0 bridgehead atoms. The van der Waals surface area contributed by atoms with Gasteiger partial charge in [0.1, 0.15) is 17.4 Å². The van der Waals surface area contributed by atoms with Crippen LogP contribution in [-0.2, 0) is 6.54 Å². The van der Waals surface area contributed by atoms with E-state index in [1.807, 2.05) is 42.7 Å². The Bertz CT molecular complexity index is 1020. The van der Waals surface area contributed by atoms with E-state index in [0.717, 1.165) is 80.5 Å². The molecule has 3 aromatic rings. The van der Waals surface area contributed by atoms with Crippen LogP contribution in [0.25, 0.3) is 10.9 Å². The summed E-state index contributed by atoms with van der Waals surface area (Å²) in [6, 6.07) is 12.4. The zero-order valence-electron chi connectivity index (χ0n) is 18.4. The van der Waals surface area contributed by atoms with E-state index in [2.05, 4.69) is 26.3 Å². The fraction of sp³-hybridized carbons (Fsp3) is 0.480. The number of nitrogens with zero attached hydrogens (tertiary/aromatic N) is 4. The lowest BCUT2D eigenvalue weighted by molar-refractivity contribution is 0.0845. The number of benzene rings is 1. The molecule has 5 rings (SSSR count). The van der Waals surface area contributed by atoms with Gasteiger partial charge in [-0.05, 0) is 63.3 Å². The average Bonchev–Trinajstić information content (AvgIpc) is 2.82. The number of pyridine rings is 1. The maximum atomic E-state index is 9.75. The number of likely N-dealkylation sites (tertiary alicyclic amines) is 1. The Hall–Kier alpha value is -2.77. The number of nitrogens with one attached hydrogen (secondary N) is 1. The lowest BCUT2D eigenvalue weighted by Crippen LogP contribution is -2.40. The van der Waals surface area contributed by atoms with Gasteiger partial charge in [0.15, 0.2) is 0 Å². The minimum Gasteiger partial charge on any atom is -0.487 e. The first kappa shape index (κ1) is 21.1. The standard InChI is InChI=1S/C25H31N5O2/c31-21-11-9-19(10-12-21)28-25-27-15-18-5-3-8-23(24(18)29-25)32-22-7-4-14-30(17-22)16-20-6-1-2-13-26-20/h1-3,5-6,8,13,15,19,21-22,31H,4,7,9-12,14,16-17H2,(H,27,28,29)/t19?,21?,22-/m0/s1. The van der Waals surface area contributed by atoms with E-state index >= 15 is 0 Å². The number of hydrogen-bond acceptors (Lipinski definition) is 7. The first-order valence-electron chi connectivity index (χ1n) is 11.7. The molecule has 3 heterocycles. The Kier molecular flexibility index (Phi) is 6.46. The number of rotatable bonds is 6. The Morgan fingerprint density at radius 3 is 2.78 bits per heavy atom. The van der Waals surface area contributed by atoms with Gasteiger partial charge in [0.25, 0.3) is 0 Å². The van der Waals surface area contributed by atoms with Gasteiger partial charge in [-0.2, -0.15) is 0 Å². The van der Waals surface area contributed by atoms with Gasteiger partial charge in [-0.1, -0.05) is 18.2 Å². The van der Waals surface area contributed by atoms with E-state index in [1.165, 1.54) is 0 Å². The second kappa shape index (κ2) is 9.79. The molecule has 1 saturated carbocycles. The number of para-hydroxylation sites is 1. The summed E-state index contributed by atoms with van der Waals surface area (Å²) in [5, 5.41) is 14.2. The highest BCUT2D eigenvalue weighted by atomic mass is 16.5. The molecule has 2 N–H and O–H groups in total. The third kappa shape index (κ3) is 5.16. The van der Waals surface area contributed by atoms with Crippen LogP contribution in [0.1, 0.15) is 44.2 Å². The first-order chi connectivity index (χ1) is 15.7. The van der Waals surface area contributed by atoms with E-state index in [0.29, 0.717) is 12.0 Å². The molecule has 7 nitrogen and oxygen atoms in total. The monoisotopic (exact) mass is 433 g/mol. The van der Waals surface area contributed by atoms with Crippen LogP contribution in [0.4, 0.5) is 5.95 Å². The van der Waals surface area contributed by atoms with E-state index in [-0.39, 0.29) is 12.2 Å². The predicted octanol–water partition coefficient (Wildman–Crippen LogP) is 3.78. The van der Waals surface area contributed by atoms with Crippen LogP contribution in [0.15, 0.2) is 48.8 Å². The largest absolute Gasteiger partial charge is 0.487 e. The van der Waals surface area contributed by atoms with E-state index < -0.39 is 0 Å². The van der Waals surface area contributed by atoms with Crippen molar-refractivity contribution in [2.45, 2.75) is 63.3 Å². The molecule has 1 aliphatic heterocycles. The molecule has 2 fully saturated rings. The van der Waals surface area contributed by atoms with Crippen molar-refractivity contribution in [3.8, 4) is 5.75 Å². The predicted molar refractivity (Wildman–Crippen MR) is 125 cm³/mol. The van der Waals surface area contributed by atoms with Gasteiger partial charge >= 0.3 is 0 Å². The summed E-state index contributed by atoms with van der Waals surface area (Å²) in [6.07, 6.45) is 9.36. The van der Waals surface area contributed by atoms with Gasteiger partial charge in [0, 0.05) is 36.9 Å². The van der Waals surface area contributed by atoms with Gasteiger partial charge in [0.05, 0.1) is 11.8 Å². The number of hydrogen-bond donors (Lipinski definition) is 2. The summed E-state index contributed by atoms with van der Waals surface area (Å²) in [7, 11) is 0. The van der Waals surface area contributed by atoms with Crippen molar-refractivity contribution in [3.05, 3.63) is 54.5 Å². The fourth-order valence-electron chi connectivity index (χ4n) is 4.75. The number of fused-ring (bicyclic) bond motifs is 1. The second-order valence-corrected chi connectivity index (χ2v) is 8.98. The Morgan fingerprint density at radius 2 is 1.94 bits per heavy atom. The number of anilines is 1. The topological polar surface area (TPSA) is 83.4 Å². The van der Waals surface area contributed by atoms with E-state index in [4.69, 9.17) is 9.72 Å². The third-order valence-electron chi connectivity index (χ3n) is 6.47. The second-order valence-electron chi connectivity index (χ2n) is 8.98. The van der Waals surface area contributed by atoms with Crippen LogP contribution in [0.5, 0.6) is 5.75 Å². The van der Waals surface area contributed by atoms with Gasteiger partial charge < -0.3 is 15.2 Å². The number of piperidine rings is 1. The highest BCUT2D eigenvalue weighted by molar-refractivity contribution is 5.84. The highest BCUT2D eigenvalue weighted by Crippen LogP contribution is 2.28. The van der Waals surface area contributed by atoms with Crippen molar-refractivity contribution in [2.75, 3.05) is 18.4 Å². The van der Waals surface area contributed by atoms with E-state index in [1.54, 1.807) is 0 Å². The normalized spacial score (nSPS) is 24.3. The van der Waals surface area contributed by atoms with Crippen LogP contribution >= 0.6 is 0 Å². The van der Waals surface area contributed by atoms with Crippen molar-refractivity contribution < 1.29 is 9.84 Å². The van der Waals surface area contributed by atoms with Crippen molar-refractivity contribution in [3.63, 3.8) is 0 Å². The molecule has 0 unspecified atom stereocenters. The zero-order chi connectivity index (χ0) is 21.8. The van der Waals surface area contributed by atoms with Crippen LogP contribution in [0.2, 0.25) is 0 Å². The molecule has 0 amide bonds. The SMILES string of the molecule is OC1CCC(Nc2ncc3cccc(O[C@H]4CCCN(Cc5ccccn5)C4)c3n2)CC1. The number of ether oxygens (including phenoxy) is 1. The molecule has 2 aliphatic rings. The summed E-state index contributed by atoms with van der Waals surface area (Å²) in [5.41, 5.74) is 1.94. The summed E-state index contributed by atoms with van der Waals surface area (Å²) < 4.78 is 6.48. The highest BCUT2D eigenvalue weighted by Gasteiger charge is 2.23. The van der Waals surface area contributed by atoms with Crippen LogP contribution < -0.4 is 10.1 Å². The van der Waals surface area contributed by atoms with Gasteiger partial charge in [0.2, 0.25) is 5.95 Å². The number of aliphatic hydroxyl groups excluding tert-OH is 1. The number of aliphatic hydroxyl groups is 1. The van der Waals surface area contributed by atoms with Crippen molar-refractivity contribution >= 4 is 16.9 Å². The lowest BCUT2D eigenvalue weighted by atomic mass is 9.93. The zero-order valence-corrected chi connectivity index (χ0v) is 18.4. The lowest BCUT2D eigenvalue weighted by Gasteiger charge is -2.32. The van der Waals surface area contributed by atoms with Crippen molar-refractivity contribution in [1.82, 2.24) is 19.9 Å². The molecule has 1 atom stereocenters. The fourth-order valence-corrected chi connectivity index (χ4v) is 4.75. The van der Waals surface area contributed by atoms with Crippen LogP contribution in [0.3, 0.4) is 0 Å². The smallest absolute Gasteiger partial charge is 0.223 e. The molecule has 32 heavy (non-hydrogen) atoms. The van der Waals surface area contributed by atoms with Crippen molar-refractivity contribution in [2.24, 2.45) is 0 Å². The maximum absolute atomic E-state index is 9.75. The molecule has 2 aromatic heterocycles. The third-order valence-corrected chi connectivity index (χ3v) is 6.47. The Labute approximate surface area is 188 Å². The van der Waals surface area contributed by atoms with Gasteiger partial charge in [-0.15, -0.1) is 0 Å². The minimum atomic E-state index is -0.168. The average molecular weight is 434 g/mol. The molecular formula is C25H31N5O2. The quantitative estimate of drug-likeness (QED) is 0.612. The molecule has 0 radical (unpaired) electrons. The summed E-state index contributed by atoms with van der Waals surface area (Å²) in [4.78, 5) is 16.2. The van der Waals surface area contributed by atoms with Crippen LogP contribution in [0, 0.1) is 0 Å². The van der Waals surface area contributed by atoms with Crippen molar-refractivity contribution in [1.29, 1.82) is 0 Å². The first-order valence-corrected chi connectivity index (χ1v) is 11.7. The molecule has 1 aromatic carbocycles. The molecule has 1 saturated heterocycles. The molecule has 168 valence electrons. The van der Waals surface area contributed by atoms with Gasteiger partial charge in [-0.3, -0.25) is 9.88 Å². The molecular weight excluding hydrogens is 402 g/mol. The van der Waals surface area contributed by atoms with Crippen LogP contribution in [-0.4, -0.2) is 56.3 Å². The molecule has 7 heteroatoms. The summed E-state index contributed by atoms with van der Waals surface area (Å²) in [5.74, 6) is 1.45. The minimum absolute atomic E-state index is 0.129. The Balaban J connectivity index is 1.28. The molecule has 1 aliphatic carbocycles. The van der Waals surface area contributed by atoms with Gasteiger partial charge in [-0.25, -0.2) is 9.97 Å².